The van der Waals surface area contributed by atoms with Crippen molar-refractivity contribution in [2.45, 2.75) is 12.8 Å². The van der Waals surface area contributed by atoms with E-state index in [4.69, 9.17) is 11.6 Å². The Hall–Kier alpha value is -1.75. The second-order valence-electron chi connectivity index (χ2n) is 4.93. The molecule has 100 valence electrons. The van der Waals surface area contributed by atoms with Crippen LogP contribution in [-0.4, -0.2) is 13.1 Å². The van der Waals surface area contributed by atoms with Crippen LogP contribution in [0.3, 0.4) is 0 Å². The second-order valence-corrected chi connectivity index (χ2v) is 5.33. The number of hydrogen-bond donors (Lipinski definition) is 1. The van der Waals surface area contributed by atoms with Gasteiger partial charge in [-0.1, -0.05) is 47.7 Å². The van der Waals surface area contributed by atoms with Crippen molar-refractivity contribution in [3.63, 3.8) is 0 Å². The Morgan fingerprint density at radius 2 is 1.70 bits per heavy atom. The third-order valence-electron chi connectivity index (χ3n) is 3.59. The Kier molecular flexibility index (Phi) is 4.06. The van der Waals surface area contributed by atoms with Gasteiger partial charge in [-0.2, -0.15) is 0 Å². The van der Waals surface area contributed by atoms with Crippen LogP contribution in [-0.2, 0) is 12.8 Å². The van der Waals surface area contributed by atoms with Gasteiger partial charge in [-0.3, -0.25) is 0 Å². The van der Waals surface area contributed by atoms with Crippen molar-refractivity contribution in [2.24, 2.45) is 0 Å². The van der Waals surface area contributed by atoms with Crippen molar-refractivity contribution in [3.8, 4) is 11.8 Å². The zero-order valence-electron chi connectivity index (χ0n) is 11.2. The van der Waals surface area contributed by atoms with E-state index in [9.17, 15) is 0 Å². The first kappa shape index (κ1) is 13.2. The van der Waals surface area contributed by atoms with Crippen LogP contribution >= 0.6 is 11.6 Å². The fraction of sp³-hybridized carbons (Fsp3) is 0.222. The quantitative estimate of drug-likeness (QED) is 0.730. The van der Waals surface area contributed by atoms with E-state index in [-0.39, 0.29) is 0 Å². The number of fused-ring (bicyclic) bond motifs is 1. The molecule has 2 heteroatoms. The summed E-state index contributed by atoms with van der Waals surface area (Å²) >= 11 is 6.36. The molecule has 0 spiro atoms. The van der Waals surface area contributed by atoms with E-state index in [0.29, 0.717) is 0 Å². The van der Waals surface area contributed by atoms with Crippen molar-refractivity contribution < 1.29 is 0 Å². The summed E-state index contributed by atoms with van der Waals surface area (Å²) in [5.74, 6) is 6.49. The molecule has 3 rings (SSSR count). The summed E-state index contributed by atoms with van der Waals surface area (Å²) in [6, 6.07) is 14.1. The lowest BCUT2D eigenvalue weighted by Gasteiger charge is -2.09. The Morgan fingerprint density at radius 1 is 0.900 bits per heavy atom. The average Bonchev–Trinajstić information content (AvgIpc) is 2.73. The highest BCUT2D eigenvalue weighted by Gasteiger charge is 2.13. The van der Waals surface area contributed by atoms with Gasteiger partial charge in [0.05, 0.1) is 5.02 Å². The van der Waals surface area contributed by atoms with E-state index in [2.05, 4.69) is 23.2 Å². The van der Waals surface area contributed by atoms with Crippen LogP contribution in [0.25, 0.3) is 0 Å². The monoisotopic (exact) mass is 281 g/mol. The molecule has 1 heterocycles. The lowest BCUT2D eigenvalue weighted by atomic mass is 9.97. The maximum atomic E-state index is 6.36. The fourth-order valence-corrected chi connectivity index (χ4v) is 2.76. The van der Waals surface area contributed by atoms with Crippen molar-refractivity contribution in [1.82, 2.24) is 5.32 Å². The topological polar surface area (TPSA) is 12.0 Å². The van der Waals surface area contributed by atoms with E-state index in [1.807, 2.05) is 36.4 Å². The van der Waals surface area contributed by atoms with Gasteiger partial charge < -0.3 is 5.32 Å². The number of hydrogen-bond acceptors (Lipinski definition) is 1. The number of rotatable bonds is 0. The minimum absolute atomic E-state index is 0.758. The van der Waals surface area contributed by atoms with Crippen LogP contribution in [0, 0.1) is 11.8 Å². The Labute approximate surface area is 125 Å². The number of nitrogens with one attached hydrogen (secondary N) is 1. The lowest BCUT2D eigenvalue weighted by molar-refractivity contribution is 0.711. The van der Waals surface area contributed by atoms with Gasteiger partial charge in [-0.25, -0.2) is 0 Å². The van der Waals surface area contributed by atoms with Gasteiger partial charge in [0.25, 0.3) is 0 Å². The van der Waals surface area contributed by atoms with Crippen molar-refractivity contribution in [3.05, 3.63) is 69.7 Å². The van der Waals surface area contributed by atoms with E-state index in [1.54, 1.807) is 0 Å². The zero-order chi connectivity index (χ0) is 13.8. The minimum Gasteiger partial charge on any atom is -0.316 e. The van der Waals surface area contributed by atoms with Gasteiger partial charge in [0.15, 0.2) is 0 Å². The van der Waals surface area contributed by atoms with Crippen LogP contribution < -0.4 is 5.32 Å². The standard InChI is InChI=1S/C18H16ClN/c19-18-9-7-15-10-12-20-13-11-16(15)17(18)8-6-14-4-2-1-3-5-14/h1-5,7,9,20H,10-13H2. The van der Waals surface area contributed by atoms with Crippen LogP contribution in [0.15, 0.2) is 42.5 Å². The van der Waals surface area contributed by atoms with Crippen molar-refractivity contribution in [1.29, 1.82) is 0 Å². The molecule has 0 unspecified atom stereocenters. The molecule has 2 aromatic rings. The summed E-state index contributed by atoms with van der Waals surface area (Å²) in [4.78, 5) is 0. The van der Waals surface area contributed by atoms with Crippen molar-refractivity contribution >= 4 is 11.6 Å². The van der Waals surface area contributed by atoms with E-state index < -0.39 is 0 Å². The lowest BCUT2D eigenvalue weighted by Crippen LogP contribution is -2.16. The molecule has 0 aromatic heterocycles. The molecule has 0 bridgehead atoms. The maximum absolute atomic E-state index is 6.36. The first-order valence-corrected chi connectivity index (χ1v) is 7.30. The molecule has 0 saturated carbocycles. The fourth-order valence-electron chi connectivity index (χ4n) is 2.53. The molecule has 1 aliphatic rings. The largest absolute Gasteiger partial charge is 0.316 e. The molecule has 0 aliphatic carbocycles. The molecule has 1 nitrogen and oxygen atoms in total. The Balaban J connectivity index is 2.03. The van der Waals surface area contributed by atoms with Crippen LogP contribution in [0.1, 0.15) is 22.3 Å². The summed E-state index contributed by atoms with van der Waals surface area (Å²) in [5, 5.41) is 4.18. The summed E-state index contributed by atoms with van der Waals surface area (Å²) < 4.78 is 0. The van der Waals surface area contributed by atoms with E-state index in [1.165, 1.54) is 11.1 Å². The first-order valence-electron chi connectivity index (χ1n) is 6.92. The second kappa shape index (κ2) is 6.13. The smallest absolute Gasteiger partial charge is 0.0565 e. The van der Waals surface area contributed by atoms with Gasteiger partial charge in [0, 0.05) is 11.1 Å². The molecule has 0 atom stereocenters. The van der Waals surface area contributed by atoms with Crippen LogP contribution in [0.4, 0.5) is 0 Å². The van der Waals surface area contributed by atoms with Crippen molar-refractivity contribution in [2.75, 3.05) is 13.1 Å². The Morgan fingerprint density at radius 3 is 2.55 bits per heavy atom. The minimum atomic E-state index is 0.758. The SMILES string of the molecule is Clc1ccc2c(c1C#Cc1ccccc1)CCNCC2. The van der Waals surface area contributed by atoms with E-state index in [0.717, 1.165) is 42.1 Å². The zero-order valence-corrected chi connectivity index (χ0v) is 12.0. The summed E-state index contributed by atoms with van der Waals surface area (Å²) in [6.45, 7) is 2.02. The van der Waals surface area contributed by atoms with Gasteiger partial charge >= 0.3 is 0 Å². The summed E-state index contributed by atoms with van der Waals surface area (Å²) in [6.07, 6.45) is 2.04. The predicted molar refractivity (Wildman–Crippen MR) is 84.2 cm³/mol. The van der Waals surface area contributed by atoms with Crippen LogP contribution in [0.2, 0.25) is 5.02 Å². The predicted octanol–water partition coefficient (Wildman–Crippen LogP) is 3.43. The van der Waals surface area contributed by atoms with Gasteiger partial charge in [0.2, 0.25) is 0 Å². The Bertz CT molecular complexity index is 665. The third kappa shape index (κ3) is 2.88. The highest BCUT2D eigenvalue weighted by Crippen LogP contribution is 2.25. The molecule has 1 aliphatic heterocycles. The summed E-state index contributed by atoms with van der Waals surface area (Å²) in [7, 11) is 0. The van der Waals surface area contributed by atoms with Gasteiger partial charge in [-0.05, 0) is 55.3 Å². The molecule has 0 radical (unpaired) electrons. The molecule has 1 N–H and O–H groups in total. The molecule has 0 amide bonds. The highest BCUT2D eigenvalue weighted by atomic mass is 35.5. The normalized spacial score (nSPS) is 13.8. The third-order valence-corrected chi connectivity index (χ3v) is 3.90. The molecule has 2 aromatic carbocycles. The number of halogens is 1. The molecular formula is C18H16ClN. The number of benzene rings is 2. The molecule has 20 heavy (non-hydrogen) atoms. The van der Waals surface area contributed by atoms with Gasteiger partial charge in [-0.15, -0.1) is 0 Å². The molecule has 0 saturated heterocycles. The highest BCUT2D eigenvalue weighted by molar-refractivity contribution is 6.31. The molecule has 0 fully saturated rings. The maximum Gasteiger partial charge on any atom is 0.0565 e. The average molecular weight is 282 g/mol. The summed E-state index contributed by atoms with van der Waals surface area (Å²) in [5.41, 5.74) is 4.70. The van der Waals surface area contributed by atoms with Crippen LogP contribution in [0.5, 0.6) is 0 Å². The first-order chi connectivity index (χ1) is 9.84. The van der Waals surface area contributed by atoms with Gasteiger partial charge in [0.1, 0.15) is 0 Å². The molecular weight excluding hydrogens is 266 g/mol. The van der Waals surface area contributed by atoms with E-state index >= 15 is 0 Å².